The van der Waals surface area contributed by atoms with Crippen LogP contribution in [-0.4, -0.2) is 24.5 Å². The van der Waals surface area contributed by atoms with Gasteiger partial charge in [-0.1, -0.05) is 29.3 Å². The Hall–Kier alpha value is -1.85. The number of benzene rings is 1. The van der Waals surface area contributed by atoms with Crippen molar-refractivity contribution in [3.8, 4) is 0 Å². The molecule has 2 atom stereocenters. The van der Waals surface area contributed by atoms with Crippen LogP contribution in [0.5, 0.6) is 0 Å². The van der Waals surface area contributed by atoms with Crippen molar-refractivity contribution in [1.82, 2.24) is 0 Å². The van der Waals surface area contributed by atoms with Crippen LogP contribution in [0.15, 0.2) is 18.2 Å². The Morgan fingerprint density at radius 2 is 1.83 bits per heavy atom. The van der Waals surface area contributed by atoms with Gasteiger partial charge < -0.3 is 4.74 Å². The fraction of sp³-hybridized carbons (Fsp3) is 0.529. The summed E-state index contributed by atoms with van der Waals surface area (Å²) in [7, 11) is 0. The Morgan fingerprint density at radius 3 is 2.30 bits per heavy atom. The summed E-state index contributed by atoms with van der Waals surface area (Å²) < 4.78 is 46.9. The predicted octanol–water partition coefficient (Wildman–Crippen LogP) is 3.65. The van der Waals surface area contributed by atoms with Crippen molar-refractivity contribution in [3.05, 3.63) is 34.9 Å². The maximum atomic E-state index is 14.0. The van der Waals surface area contributed by atoms with E-state index in [1.54, 1.807) is 19.9 Å². The minimum Gasteiger partial charge on any atom is -0.465 e. The van der Waals surface area contributed by atoms with E-state index in [4.69, 9.17) is 4.74 Å². The number of aryl methyl sites for hydroxylation is 2. The van der Waals surface area contributed by atoms with Crippen LogP contribution in [-0.2, 0) is 19.7 Å². The maximum absolute atomic E-state index is 14.0. The lowest BCUT2D eigenvalue weighted by atomic mass is 9.70. The number of rotatable bonds is 3. The van der Waals surface area contributed by atoms with Crippen LogP contribution in [0.1, 0.15) is 36.5 Å². The zero-order valence-electron chi connectivity index (χ0n) is 13.3. The minimum absolute atomic E-state index is 0.0357. The smallest absolute Gasteiger partial charge is 0.399 e. The van der Waals surface area contributed by atoms with Gasteiger partial charge in [-0.3, -0.25) is 9.59 Å². The second-order valence-electron chi connectivity index (χ2n) is 6.00. The molecule has 0 aromatic heterocycles. The van der Waals surface area contributed by atoms with Crippen molar-refractivity contribution in [1.29, 1.82) is 0 Å². The Balaban J connectivity index is 2.69. The normalized spacial score (nSPS) is 24.8. The summed E-state index contributed by atoms with van der Waals surface area (Å²) in [6.45, 7) is 4.82. The van der Waals surface area contributed by atoms with Crippen LogP contribution in [0, 0.1) is 19.8 Å². The second kappa shape index (κ2) is 5.98. The third kappa shape index (κ3) is 2.86. The fourth-order valence-electron chi connectivity index (χ4n) is 3.45. The van der Waals surface area contributed by atoms with Crippen LogP contribution in [0.2, 0.25) is 0 Å². The van der Waals surface area contributed by atoms with Crippen LogP contribution in [0.4, 0.5) is 13.2 Å². The molecule has 1 aromatic carbocycles. The molecular weight excluding hydrogens is 309 g/mol. The fourth-order valence-corrected chi connectivity index (χ4v) is 3.45. The van der Waals surface area contributed by atoms with Gasteiger partial charge in [0.25, 0.3) is 0 Å². The zero-order chi connectivity index (χ0) is 17.4. The molecule has 2 rings (SSSR count). The van der Waals surface area contributed by atoms with E-state index in [9.17, 15) is 22.8 Å². The Bertz CT molecular complexity index is 616. The predicted molar refractivity (Wildman–Crippen MR) is 78.0 cm³/mol. The summed E-state index contributed by atoms with van der Waals surface area (Å²) in [6.07, 6.45) is -5.44. The van der Waals surface area contributed by atoms with E-state index in [2.05, 4.69) is 0 Å². The number of alkyl halides is 3. The number of esters is 1. The molecule has 0 spiro atoms. The van der Waals surface area contributed by atoms with Crippen LogP contribution in [0.3, 0.4) is 0 Å². The number of carbonyl (C=O) groups is 2. The van der Waals surface area contributed by atoms with E-state index < -0.39 is 35.7 Å². The minimum atomic E-state index is -4.73. The molecule has 1 aromatic rings. The van der Waals surface area contributed by atoms with Crippen LogP contribution < -0.4 is 0 Å². The molecular formula is C17H19F3O3. The highest BCUT2D eigenvalue weighted by Gasteiger charge is 2.67. The molecule has 0 bridgehead atoms. The first kappa shape index (κ1) is 17.5. The van der Waals surface area contributed by atoms with Gasteiger partial charge in [0.15, 0.2) is 0 Å². The average molecular weight is 328 g/mol. The van der Waals surface area contributed by atoms with E-state index in [1.165, 1.54) is 19.1 Å². The summed E-state index contributed by atoms with van der Waals surface area (Å²) in [4.78, 5) is 24.2. The Labute approximate surface area is 132 Å². The third-order valence-electron chi connectivity index (χ3n) is 4.35. The third-order valence-corrected chi connectivity index (χ3v) is 4.35. The van der Waals surface area contributed by atoms with Gasteiger partial charge in [-0.2, -0.15) is 13.2 Å². The number of hydrogen-bond donors (Lipinski definition) is 0. The summed E-state index contributed by atoms with van der Waals surface area (Å²) in [5, 5.41) is 0. The van der Waals surface area contributed by atoms with Gasteiger partial charge in [0.2, 0.25) is 0 Å². The first-order chi connectivity index (χ1) is 10.6. The van der Waals surface area contributed by atoms with E-state index in [1.807, 2.05) is 0 Å². The summed E-state index contributed by atoms with van der Waals surface area (Å²) in [5.41, 5.74) is -1.23. The lowest BCUT2D eigenvalue weighted by Gasteiger charge is -2.36. The van der Waals surface area contributed by atoms with Crippen molar-refractivity contribution >= 4 is 11.8 Å². The molecule has 0 saturated heterocycles. The molecule has 0 radical (unpaired) electrons. The number of carbonyl (C=O) groups excluding carboxylic acids is 2. The topological polar surface area (TPSA) is 43.4 Å². The quantitative estimate of drug-likeness (QED) is 0.628. The molecule has 3 nitrogen and oxygen atoms in total. The second-order valence-corrected chi connectivity index (χ2v) is 6.00. The molecule has 1 fully saturated rings. The largest absolute Gasteiger partial charge is 0.465 e. The molecule has 2 unspecified atom stereocenters. The van der Waals surface area contributed by atoms with Crippen molar-refractivity contribution in [2.75, 3.05) is 6.61 Å². The number of ether oxygens (including phenoxy) is 1. The SMILES string of the molecule is CCOC(=O)C1C(=O)CCC1(c1cc(C)cc(C)c1)C(F)(F)F. The lowest BCUT2D eigenvalue weighted by Crippen LogP contribution is -2.50. The molecule has 0 aliphatic heterocycles. The van der Waals surface area contributed by atoms with Crippen molar-refractivity contribution in [3.63, 3.8) is 0 Å². The summed E-state index contributed by atoms with van der Waals surface area (Å²) in [5.74, 6) is -3.63. The van der Waals surface area contributed by atoms with Gasteiger partial charge in [-0.05, 0) is 32.8 Å². The molecule has 6 heteroatoms. The number of Topliss-reactive ketones (excluding diaryl/α,β-unsaturated/α-hetero) is 1. The van der Waals surface area contributed by atoms with Crippen molar-refractivity contribution < 1.29 is 27.5 Å². The molecule has 126 valence electrons. The highest BCUT2D eigenvalue weighted by atomic mass is 19.4. The van der Waals surface area contributed by atoms with Gasteiger partial charge in [0, 0.05) is 6.42 Å². The Morgan fingerprint density at radius 1 is 1.26 bits per heavy atom. The molecule has 23 heavy (non-hydrogen) atoms. The molecule has 1 saturated carbocycles. The van der Waals surface area contributed by atoms with Crippen molar-refractivity contribution in [2.24, 2.45) is 5.92 Å². The molecule has 1 aliphatic rings. The molecule has 1 aliphatic carbocycles. The summed E-state index contributed by atoms with van der Waals surface area (Å²) in [6, 6.07) is 4.57. The van der Waals surface area contributed by atoms with Crippen LogP contribution >= 0.6 is 0 Å². The number of ketones is 1. The number of hydrogen-bond acceptors (Lipinski definition) is 3. The first-order valence-corrected chi connectivity index (χ1v) is 7.48. The van der Waals surface area contributed by atoms with Gasteiger partial charge in [-0.15, -0.1) is 0 Å². The monoisotopic (exact) mass is 328 g/mol. The van der Waals surface area contributed by atoms with E-state index >= 15 is 0 Å². The zero-order valence-corrected chi connectivity index (χ0v) is 13.3. The van der Waals surface area contributed by atoms with E-state index in [0.717, 1.165) is 0 Å². The average Bonchev–Trinajstić information content (AvgIpc) is 2.76. The molecule has 0 amide bonds. The van der Waals surface area contributed by atoms with Crippen LogP contribution in [0.25, 0.3) is 0 Å². The van der Waals surface area contributed by atoms with Gasteiger partial charge in [0.05, 0.1) is 6.61 Å². The lowest BCUT2D eigenvalue weighted by molar-refractivity contribution is -0.208. The van der Waals surface area contributed by atoms with Gasteiger partial charge in [0.1, 0.15) is 17.1 Å². The highest BCUT2D eigenvalue weighted by Crippen LogP contribution is 2.54. The standard InChI is InChI=1S/C17H19F3O3/c1-4-23-15(22)14-13(21)5-6-16(14,17(18,19)20)12-8-10(2)7-11(3)9-12/h7-9,14H,4-6H2,1-3H3. The number of halogens is 3. The Kier molecular flexibility index (Phi) is 4.55. The molecule has 0 N–H and O–H groups in total. The maximum Gasteiger partial charge on any atom is 0.399 e. The summed E-state index contributed by atoms with van der Waals surface area (Å²) >= 11 is 0. The highest BCUT2D eigenvalue weighted by molar-refractivity contribution is 6.03. The van der Waals surface area contributed by atoms with E-state index in [0.29, 0.717) is 11.1 Å². The van der Waals surface area contributed by atoms with E-state index in [-0.39, 0.29) is 18.6 Å². The van der Waals surface area contributed by atoms with Crippen molar-refractivity contribution in [2.45, 2.75) is 45.2 Å². The first-order valence-electron chi connectivity index (χ1n) is 7.48. The van der Waals surface area contributed by atoms with Gasteiger partial charge >= 0.3 is 12.1 Å². The van der Waals surface area contributed by atoms with Gasteiger partial charge in [-0.25, -0.2) is 0 Å². The molecule has 0 heterocycles.